The minimum absolute atomic E-state index is 0.655. The Morgan fingerprint density at radius 1 is 1.20 bits per heavy atom. The molecule has 1 fully saturated rings. The summed E-state index contributed by atoms with van der Waals surface area (Å²) in [6, 6.07) is 5.69. The fourth-order valence-electron chi connectivity index (χ4n) is 2.04. The minimum Gasteiger partial charge on any atom is -0.492 e. The molecule has 1 aromatic carbocycles. The molecule has 0 bridgehead atoms. The van der Waals surface area contributed by atoms with Crippen molar-refractivity contribution < 1.29 is 29.3 Å². The Hall–Kier alpha value is -1.35. The summed E-state index contributed by atoms with van der Waals surface area (Å²) in [4.78, 5) is 20.6. The van der Waals surface area contributed by atoms with Gasteiger partial charge >= 0.3 is 11.9 Å². The van der Waals surface area contributed by atoms with Crippen molar-refractivity contribution in [3.8, 4) is 5.75 Å². The number of morpholine rings is 1. The molecular formula is C16H21BrClNO6. The maximum Gasteiger partial charge on any atom is 0.414 e. The topological polar surface area (TPSA) is 96.3 Å². The Morgan fingerprint density at radius 3 is 2.40 bits per heavy atom. The molecule has 7 nitrogen and oxygen atoms in total. The second-order valence-electron chi connectivity index (χ2n) is 5.19. The van der Waals surface area contributed by atoms with E-state index in [2.05, 4.69) is 20.8 Å². The Morgan fingerprint density at radius 2 is 1.84 bits per heavy atom. The summed E-state index contributed by atoms with van der Waals surface area (Å²) in [5.74, 6) is -2.89. The number of ether oxygens (including phenoxy) is 2. The van der Waals surface area contributed by atoms with Gasteiger partial charge in [-0.15, -0.1) is 0 Å². The molecule has 0 unspecified atom stereocenters. The number of unbranched alkanes of at least 4 members (excludes halogenated alkanes) is 1. The summed E-state index contributed by atoms with van der Waals surface area (Å²) in [7, 11) is 0. The summed E-state index contributed by atoms with van der Waals surface area (Å²) in [5, 5.41) is 15.4. The summed E-state index contributed by atoms with van der Waals surface area (Å²) in [5.41, 5.74) is 0. The molecule has 1 aromatic rings. The lowest BCUT2D eigenvalue weighted by Gasteiger charge is -2.26. The van der Waals surface area contributed by atoms with E-state index in [1.807, 2.05) is 18.2 Å². The average Bonchev–Trinajstić information content (AvgIpc) is 2.58. The fraction of sp³-hybridized carbons (Fsp3) is 0.500. The van der Waals surface area contributed by atoms with Crippen molar-refractivity contribution in [1.29, 1.82) is 0 Å². The van der Waals surface area contributed by atoms with Crippen LogP contribution in [0.3, 0.4) is 0 Å². The molecule has 140 valence electrons. The summed E-state index contributed by atoms with van der Waals surface area (Å²) in [6.07, 6.45) is 2.19. The van der Waals surface area contributed by atoms with Crippen LogP contribution < -0.4 is 4.74 Å². The lowest BCUT2D eigenvalue weighted by Crippen LogP contribution is -2.36. The van der Waals surface area contributed by atoms with Gasteiger partial charge in [0, 0.05) is 17.6 Å². The zero-order chi connectivity index (χ0) is 18.7. The Labute approximate surface area is 159 Å². The summed E-state index contributed by atoms with van der Waals surface area (Å²) >= 11 is 9.46. The van der Waals surface area contributed by atoms with Crippen LogP contribution in [0.2, 0.25) is 5.02 Å². The van der Waals surface area contributed by atoms with Crippen LogP contribution >= 0.6 is 27.5 Å². The highest BCUT2D eigenvalue weighted by molar-refractivity contribution is 9.10. The van der Waals surface area contributed by atoms with E-state index in [0.717, 1.165) is 55.9 Å². The van der Waals surface area contributed by atoms with Crippen molar-refractivity contribution in [2.45, 2.75) is 12.8 Å². The van der Waals surface area contributed by atoms with Gasteiger partial charge in [-0.3, -0.25) is 4.90 Å². The first-order valence-electron chi connectivity index (χ1n) is 7.74. The molecule has 0 aliphatic carbocycles. The predicted molar refractivity (Wildman–Crippen MR) is 96.4 cm³/mol. The third-order valence-corrected chi connectivity index (χ3v) is 4.10. The highest BCUT2D eigenvalue weighted by atomic mass is 79.9. The lowest BCUT2D eigenvalue weighted by atomic mass is 10.3. The molecule has 0 aromatic heterocycles. The maximum atomic E-state index is 9.10. The first-order chi connectivity index (χ1) is 11.9. The highest BCUT2D eigenvalue weighted by Gasteiger charge is 2.09. The zero-order valence-corrected chi connectivity index (χ0v) is 16.0. The fourth-order valence-corrected chi connectivity index (χ4v) is 2.76. The Kier molecular flexibility index (Phi) is 10.5. The number of halogens is 2. The van der Waals surface area contributed by atoms with Gasteiger partial charge in [0.15, 0.2) is 0 Å². The standard InChI is InChI=1S/C14H19BrClNO2.C2H2O4/c15-12-3-4-14(13(16)11-12)19-8-2-1-5-17-6-9-18-10-7-17;3-1(4)2(5)6/h3-4,11H,1-2,5-10H2;(H,3,4)(H,5,6). The Bertz CT molecular complexity index is 554. The van der Waals surface area contributed by atoms with Gasteiger partial charge in [-0.1, -0.05) is 27.5 Å². The number of rotatable bonds is 6. The Balaban J connectivity index is 0.000000450. The average molecular weight is 439 g/mol. The van der Waals surface area contributed by atoms with Gasteiger partial charge in [0.1, 0.15) is 5.75 Å². The predicted octanol–water partition coefficient (Wildman–Crippen LogP) is 2.75. The molecule has 1 heterocycles. The van der Waals surface area contributed by atoms with E-state index in [1.165, 1.54) is 0 Å². The number of nitrogens with zero attached hydrogens (tertiary/aromatic N) is 1. The van der Waals surface area contributed by atoms with Crippen LogP contribution in [0, 0.1) is 0 Å². The van der Waals surface area contributed by atoms with E-state index >= 15 is 0 Å². The molecule has 1 aliphatic heterocycles. The largest absolute Gasteiger partial charge is 0.492 e. The molecular weight excluding hydrogens is 418 g/mol. The normalized spacial score (nSPS) is 14.3. The van der Waals surface area contributed by atoms with Gasteiger partial charge in [0.05, 0.1) is 24.8 Å². The molecule has 1 saturated heterocycles. The van der Waals surface area contributed by atoms with Crippen LogP contribution in [-0.4, -0.2) is 66.5 Å². The van der Waals surface area contributed by atoms with E-state index in [1.54, 1.807) is 0 Å². The molecule has 0 radical (unpaired) electrons. The minimum atomic E-state index is -1.82. The molecule has 2 N–H and O–H groups in total. The van der Waals surface area contributed by atoms with Crippen molar-refractivity contribution >= 4 is 39.5 Å². The summed E-state index contributed by atoms with van der Waals surface area (Å²) in [6.45, 7) is 5.68. The highest BCUT2D eigenvalue weighted by Crippen LogP contribution is 2.27. The maximum absolute atomic E-state index is 9.10. The molecule has 0 atom stereocenters. The molecule has 25 heavy (non-hydrogen) atoms. The van der Waals surface area contributed by atoms with Crippen molar-refractivity contribution in [3.63, 3.8) is 0 Å². The van der Waals surface area contributed by atoms with Gasteiger partial charge in [-0.25, -0.2) is 9.59 Å². The summed E-state index contributed by atoms with van der Waals surface area (Å²) < 4.78 is 12.0. The number of aliphatic carboxylic acids is 2. The third-order valence-electron chi connectivity index (χ3n) is 3.31. The monoisotopic (exact) mass is 437 g/mol. The quantitative estimate of drug-likeness (QED) is 0.521. The smallest absolute Gasteiger partial charge is 0.414 e. The van der Waals surface area contributed by atoms with Crippen molar-refractivity contribution in [2.24, 2.45) is 0 Å². The van der Waals surface area contributed by atoms with Gasteiger partial charge in [-0.2, -0.15) is 0 Å². The number of hydrogen-bond acceptors (Lipinski definition) is 5. The SMILES string of the molecule is Clc1cc(Br)ccc1OCCCCN1CCOCC1.O=C(O)C(=O)O. The van der Waals surface area contributed by atoms with Crippen molar-refractivity contribution in [2.75, 3.05) is 39.5 Å². The van der Waals surface area contributed by atoms with Crippen LogP contribution in [0.4, 0.5) is 0 Å². The van der Waals surface area contributed by atoms with Gasteiger partial charge in [0.2, 0.25) is 0 Å². The van der Waals surface area contributed by atoms with E-state index in [9.17, 15) is 0 Å². The molecule has 9 heteroatoms. The molecule has 1 aliphatic rings. The van der Waals surface area contributed by atoms with Gasteiger partial charge in [-0.05, 0) is 37.6 Å². The molecule has 2 rings (SSSR count). The number of hydrogen-bond donors (Lipinski definition) is 2. The molecule has 0 amide bonds. The van der Waals surface area contributed by atoms with Crippen LogP contribution in [0.5, 0.6) is 5.75 Å². The van der Waals surface area contributed by atoms with Crippen molar-refractivity contribution in [1.82, 2.24) is 4.90 Å². The number of carboxylic acids is 2. The number of benzene rings is 1. The number of carbonyl (C=O) groups is 2. The molecule has 0 spiro atoms. The van der Waals surface area contributed by atoms with E-state index in [4.69, 9.17) is 40.9 Å². The van der Waals surface area contributed by atoms with E-state index in [-0.39, 0.29) is 0 Å². The first kappa shape index (κ1) is 21.7. The van der Waals surface area contributed by atoms with Gasteiger partial charge in [0.25, 0.3) is 0 Å². The third kappa shape index (κ3) is 9.64. The second kappa shape index (κ2) is 12.1. The first-order valence-corrected chi connectivity index (χ1v) is 8.91. The van der Waals surface area contributed by atoms with E-state index in [0.29, 0.717) is 11.6 Å². The second-order valence-corrected chi connectivity index (χ2v) is 6.52. The van der Waals surface area contributed by atoms with Crippen molar-refractivity contribution in [3.05, 3.63) is 27.7 Å². The van der Waals surface area contributed by atoms with E-state index < -0.39 is 11.9 Å². The molecule has 0 saturated carbocycles. The number of carboxylic acid groups (broad SMARTS) is 2. The van der Waals surface area contributed by atoms with Crippen LogP contribution in [0.15, 0.2) is 22.7 Å². The van der Waals surface area contributed by atoms with Gasteiger partial charge < -0.3 is 19.7 Å². The lowest BCUT2D eigenvalue weighted by molar-refractivity contribution is -0.159. The zero-order valence-electron chi connectivity index (χ0n) is 13.6. The van der Waals surface area contributed by atoms with Crippen LogP contribution in [0.1, 0.15) is 12.8 Å². The van der Waals surface area contributed by atoms with Crippen LogP contribution in [-0.2, 0) is 14.3 Å². The van der Waals surface area contributed by atoms with Crippen LogP contribution in [0.25, 0.3) is 0 Å².